The molecular weight excluding hydrogens is 718 g/mol. The van der Waals surface area contributed by atoms with E-state index in [0.29, 0.717) is 6.61 Å². The van der Waals surface area contributed by atoms with E-state index in [0.717, 1.165) is 0 Å². The number of carbonyl (C=O) groups excluding carboxylic acids is 4. The monoisotopic (exact) mass is 759 g/mol. The Labute approximate surface area is 329 Å². The Balaban J connectivity index is 4.15. The molecule has 0 aromatic heterocycles. The van der Waals surface area contributed by atoms with Gasteiger partial charge in [-0.05, 0) is 108 Å². The molecule has 0 spiro atoms. The molecule has 13 heteroatoms. The number of ketones is 1. The maximum absolute atomic E-state index is 12.1. The van der Waals surface area contributed by atoms with Gasteiger partial charge < -0.3 is 40.0 Å². The van der Waals surface area contributed by atoms with Crippen LogP contribution in [0.1, 0.15) is 40.5 Å². The van der Waals surface area contributed by atoms with Crippen molar-refractivity contribution in [3.05, 3.63) is 0 Å². The normalized spacial score (nSPS) is 9.14. The van der Waals surface area contributed by atoms with Gasteiger partial charge in [-0.15, -0.1) is 0 Å². The standard InChI is InChI=1S/C43H41N3O10/c1-5-6-7-8-9-10-11-12-13-14-15-16-17-18-19-20-21-22-23-24-40(49)46-37(42(51)52)25-26-39(48)44-27-29-53-32-34-56-36-41(50)45-28-30-54-31-33-55-35-38(47)43(2,3)4/h37H,25-36H2,1-4H3,(H,44,48)(H,45,50)(H,46,49)(H,51,52). The minimum atomic E-state index is -1.35. The predicted octanol–water partition coefficient (Wildman–Crippen LogP) is -0.696. The molecule has 13 nitrogen and oxygen atoms in total. The zero-order valence-corrected chi connectivity index (χ0v) is 31.7. The van der Waals surface area contributed by atoms with Crippen molar-refractivity contribution in [2.24, 2.45) is 5.41 Å². The van der Waals surface area contributed by atoms with Crippen LogP contribution in [0, 0.1) is 124 Å². The quantitative estimate of drug-likeness (QED) is 0.0865. The van der Waals surface area contributed by atoms with E-state index >= 15 is 0 Å². The summed E-state index contributed by atoms with van der Waals surface area (Å²) in [6.45, 7) is 8.79. The number of rotatable bonds is 21. The van der Waals surface area contributed by atoms with Gasteiger partial charge in [-0.2, -0.15) is 0 Å². The Hall–Kier alpha value is -7.01. The summed E-state index contributed by atoms with van der Waals surface area (Å²) in [4.78, 5) is 59.1. The summed E-state index contributed by atoms with van der Waals surface area (Å²) in [5.74, 6) is 45.6. The number of carboxylic acids is 1. The molecule has 0 saturated heterocycles. The molecule has 56 heavy (non-hydrogen) atoms. The Morgan fingerprint density at radius 3 is 1.41 bits per heavy atom. The van der Waals surface area contributed by atoms with E-state index in [-0.39, 0.29) is 83.9 Å². The minimum Gasteiger partial charge on any atom is -0.480 e. The maximum Gasteiger partial charge on any atom is 0.326 e. The third-order valence-electron chi connectivity index (χ3n) is 5.81. The fraction of sp³-hybridized carbons (Fsp3) is 0.419. The number of ether oxygens (including phenoxy) is 4. The van der Waals surface area contributed by atoms with Crippen LogP contribution < -0.4 is 16.0 Å². The Morgan fingerprint density at radius 2 is 0.964 bits per heavy atom. The Bertz CT molecular complexity index is 2020. The second kappa shape index (κ2) is 33.8. The number of carbonyl (C=O) groups is 5. The molecule has 0 radical (unpaired) electrons. The molecule has 0 fully saturated rings. The summed E-state index contributed by atoms with van der Waals surface area (Å²) in [6, 6.07) is -1.35. The van der Waals surface area contributed by atoms with Gasteiger partial charge in [0.25, 0.3) is 5.91 Å². The van der Waals surface area contributed by atoms with E-state index in [2.05, 4.69) is 134 Å². The highest BCUT2D eigenvalue weighted by atomic mass is 16.5. The molecular formula is C43H41N3O10. The van der Waals surface area contributed by atoms with Gasteiger partial charge in [0.1, 0.15) is 19.3 Å². The van der Waals surface area contributed by atoms with E-state index in [1.54, 1.807) is 6.92 Å². The van der Waals surface area contributed by atoms with Crippen LogP contribution in [0.4, 0.5) is 0 Å². The van der Waals surface area contributed by atoms with Crippen LogP contribution in [0.25, 0.3) is 0 Å². The molecule has 0 saturated carbocycles. The maximum atomic E-state index is 12.1. The molecule has 0 aliphatic rings. The lowest BCUT2D eigenvalue weighted by molar-refractivity contribution is -0.141. The van der Waals surface area contributed by atoms with Crippen molar-refractivity contribution in [3.63, 3.8) is 0 Å². The van der Waals surface area contributed by atoms with Crippen molar-refractivity contribution in [2.45, 2.75) is 46.6 Å². The van der Waals surface area contributed by atoms with Gasteiger partial charge in [0.05, 0.1) is 39.6 Å². The first kappa shape index (κ1) is 49.0. The van der Waals surface area contributed by atoms with Gasteiger partial charge in [-0.1, -0.05) is 26.7 Å². The second-order valence-corrected chi connectivity index (χ2v) is 11.2. The van der Waals surface area contributed by atoms with Crippen LogP contribution in [-0.2, 0) is 42.9 Å². The molecule has 0 bridgehead atoms. The van der Waals surface area contributed by atoms with Crippen molar-refractivity contribution < 1.29 is 48.0 Å². The van der Waals surface area contributed by atoms with Crippen LogP contribution in [-0.4, -0.2) is 107 Å². The van der Waals surface area contributed by atoms with Crippen LogP contribution >= 0.6 is 0 Å². The number of hydrogen-bond acceptors (Lipinski definition) is 9. The van der Waals surface area contributed by atoms with Gasteiger partial charge in [-0.3, -0.25) is 19.2 Å². The zero-order valence-electron chi connectivity index (χ0n) is 31.7. The Kier molecular flexibility index (Phi) is 29.6. The van der Waals surface area contributed by atoms with Crippen molar-refractivity contribution in [1.29, 1.82) is 0 Å². The van der Waals surface area contributed by atoms with Gasteiger partial charge in [0, 0.05) is 42.7 Å². The Morgan fingerprint density at radius 1 is 0.554 bits per heavy atom. The average Bonchev–Trinajstić information content (AvgIpc) is 3.15. The third-order valence-corrected chi connectivity index (χ3v) is 5.81. The number of nitrogens with one attached hydrogen (secondary N) is 3. The summed E-state index contributed by atoms with van der Waals surface area (Å²) in [5, 5.41) is 16.8. The molecule has 0 aromatic rings. The molecule has 0 aromatic carbocycles. The highest BCUT2D eigenvalue weighted by Crippen LogP contribution is 2.14. The van der Waals surface area contributed by atoms with E-state index < -0.39 is 29.2 Å². The summed E-state index contributed by atoms with van der Waals surface area (Å²) < 4.78 is 21.2. The van der Waals surface area contributed by atoms with Crippen LogP contribution in [0.3, 0.4) is 0 Å². The predicted molar refractivity (Wildman–Crippen MR) is 206 cm³/mol. The topological polar surface area (TPSA) is 179 Å². The fourth-order valence-electron chi connectivity index (χ4n) is 3.03. The first-order chi connectivity index (χ1) is 27.0. The van der Waals surface area contributed by atoms with Crippen molar-refractivity contribution in [2.75, 3.05) is 65.9 Å². The first-order valence-electron chi connectivity index (χ1n) is 16.8. The molecule has 288 valence electrons. The second-order valence-electron chi connectivity index (χ2n) is 11.2. The van der Waals surface area contributed by atoms with E-state index in [4.69, 9.17) is 18.9 Å². The lowest BCUT2D eigenvalue weighted by atomic mass is 9.91. The largest absolute Gasteiger partial charge is 0.480 e. The minimum absolute atomic E-state index is 0.00895. The average molecular weight is 760 g/mol. The smallest absolute Gasteiger partial charge is 0.326 e. The highest BCUT2D eigenvalue weighted by Gasteiger charge is 2.21. The van der Waals surface area contributed by atoms with Gasteiger partial charge >= 0.3 is 5.97 Å². The number of Topliss-reactive ketones (excluding diaryl/α,β-unsaturated/α-hetero) is 1. The summed E-state index contributed by atoms with van der Waals surface area (Å²) in [5.41, 5.74) is -0.447. The van der Waals surface area contributed by atoms with Gasteiger partial charge in [-0.25, -0.2) is 4.79 Å². The molecule has 0 rings (SSSR count). The van der Waals surface area contributed by atoms with E-state index in [1.807, 2.05) is 20.8 Å². The van der Waals surface area contributed by atoms with Crippen LogP contribution in [0.2, 0.25) is 0 Å². The van der Waals surface area contributed by atoms with Crippen LogP contribution in [0.15, 0.2) is 0 Å². The summed E-state index contributed by atoms with van der Waals surface area (Å²) in [7, 11) is 0. The summed E-state index contributed by atoms with van der Waals surface area (Å²) >= 11 is 0. The molecule has 1 unspecified atom stereocenters. The summed E-state index contributed by atoms with van der Waals surface area (Å²) in [6.07, 6.45) is -0.355. The third kappa shape index (κ3) is 32.9. The van der Waals surface area contributed by atoms with Gasteiger partial charge in [0.15, 0.2) is 5.78 Å². The first-order valence-corrected chi connectivity index (χ1v) is 16.8. The number of hydrogen-bond donors (Lipinski definition) is 4. The molecule has 4 N–H and O–H groups in total. The van der Waals surface area contributed by atoms with Crippen molar-refractivity contribution in [1.82, 2.24) is 16.0 Å². The van der Waals surface area contributed by atoms with E-state index in [9.17, 15) is 29.1 Å². The molecule has 0 heterocycles. The van der Waals surface area contributed by atoms with Gasteiger partial charge in [0.2, 0.25) is 11.8 Å². The van der Waals surface area contributed by atoms with Crippen LogP contribution in [0.5, 0.6) is 0 Å². The zero-order chi connectivity index (χ0) is 41.5. The van der Waals surface area contributed by atoms with Crippen molar-refractivity contribution >= 4 is 29.5 Å². The number of carboxylic acid groups (broad SMARTS) is 1. The molecule has 1 atom stereocenters. The molecule has 0 aliphatic heterocycles. The lowest BCUT2D eigenvalue weighted by Crippen LogP contribution is -2.41. The van der Waals surface area contributed by atoms with Crippen molar-refractivity contribution in [3.8, 4) is 118 Å². The molecule has 0 aliphatic carbocycles. The fourth-order valence-corrected chi connectivity index (χ4v) is 3.03. The number of aliphatic carboxylic acids is 1. The number of amides is 3. The molecule has 3 amide bonds. The highest BCUT2D eigenvalue weighted by molar-refractivity contribution is 5.96. The lowest BCUT2D eigenvalue weighted by Gasteiger charge is -2.16. The SMILES string of the molecule is CC#CC#CC#CC#CC#CC#CC#CC#CC#CC#CC(=O)NC(CCC(=O)NCCOCCOCC(=O)NCCOCCOCC(=O)C(C)(C)C)C(=O)O. The van der Waals surface area contributed by atoms with E-state index in [1.165, 1.54) is 0 Å².